The van der Waals surface area contributed by atoms with E-state index in [2.05, 4.69) is 52.6 Å². The highest BCUT2D eigenvalue weighted by Crippen LogP contribution is 2.17. The third kappa shape index (κ3) is 84.1. The fourth-order valence-corrected chi connectivity index (χ4v) is 9.02. The van der Waals surface area contributed by atoms with Crippen LogP contribution in [0.2, 0.25) is 0 Å². The van der Waals surface area contributed by atoms with Crippen molar-refractivity contribution in [1.29, 1.82) is 0 Å². The van der Waals surface area contributed by atoms with Gasteiger partial charge >= 0.3 is 11.9 Å². The van der Waals surface area contributed by atoms with Crippen LogP contribution < -0.4 is 4.74 Å². The molecule has 1 aromatic carbocycles. The summed E-state index contributed by atoms with van der Waals surface area (Å²) < 4.78 is 115. The van der Waals surface area contributed by atoms with Gasteiger partial charge in [-0.2, -0.15) is 0 Å². The van der Waals surface area contributed by atoms with Gasteiger partial charge < -0.3 is 99.5 Å². The first-order valence-corrected chi connectivity index (χ1v) is 39.2. The molecule has 0 aliphatic heterocycles. The zero-order chi connectivity index (χ0) is 76.2. The Morgan fingerprint density at radius 3 is 0.885 bits per heavy atom. The number of hydrogen-bond donors (Lipinski definition) is 0. The van der Waals surface area contributed by atoms with Gasteiger partial charge in [0.15, 0.2) is 0 Å². The maximum absolute atomic E-state index is 11.4. The largest absolute Gasteiger partial charge is 0.493 e. The molecule has 0 aliphatic rings. The maximum Gasteiger partial charge on any atom is 0.333 e. The zero-order valence-corrected chi connectivity index (χ0v) is 66.7. The van der Waals surface area contributed by atoms with Crippen LogP contribution in [0.3, 0.4) is 0 Å². The summed E-state index contributed by atoms with van der Waals surface area (Å²) in [6.45, 7) is 44.8. The molecule has 0 aliphatic carbocycles. The van der Waals surface area contributed by atoms with Crippen molar-refractivity contribution in [2.24, 2.45) is 17.8 Å². The maximum atomic E-state index is 11.4. The van der Waals surface area contributed by atoms with E-state index in [4.69, 9.17) is 99.5 Å². The van der Waals surface area contributed by atoms with E-state index >= 15 is 0 Å². The van der Waals surface area contributed by atoms with Crippen molar-refractivity contribution in [2.75, 3.05) is 258 Å². The van der Waals surface area contributed by atoms with E-state index in [9.17, 15) is 9.59 Å². The Hall–Kier alpha value is -3.54. The minimum absolute atomic E-state index is 0.144. The summed E-state index contributed by atoms with van der Waals surface area (Å²) >= 11 is 0. The van der Waals surface area contributed by atoms with Gasteiger partial charge in [0.2, 0.25) is 0 Å². The molecular weight excluding hydrogens is 1340 g/mol. The van der Waals surface area contributed by atoms with E-state index in [-0.39, 0.29) is 23.8 Å². The van der Waals surface area contributed by atoms with Gasteiger partial charge in [0.25, 0.3) is 0 Å². The van der Waals surface area contributed by atoms with E-state index in [1.807, 2.05) is 26.0 Å². The smallest absolute Gasteiger partial charge is 0.333 e. The van der Waals surface area contributed by atoms with Gasteiger partial charge in [-0.05, 0) is 50.8 Å². The molecule has 0 aromatic heterocycles. The van der Waals surface area contributed by atoms with Crippen molar-refractivity contribution in [3.63, 3.8) is 0 Å². The van der Waals surface area contributed by atoms with Crippen LogP contribution in [0.4, 0.5) is 0 Å². The lowest BCUT2D eigenvalue weighted by Gasteiger charge is -2.14. The standard InChI is InChI=1S/C49H98O17.C23H36O3.C9H16O3/c1-4-6-7-8-9-10-11-12-13-14-16-50-17-18-51-19-20-52-21-22-53-23-24-54-25-26-55-27-28-56-29-30-57-31-32-58-33-34-59-35-36-60-37-38-61-39-40-62-41-42-63-43-44-64-45-46-66-48-49(3)47-65-15-5-2;1-5-6-7-8-9-10-11-12-21-13-15-22(16-14-21)25-17-20(4)18-26-23(24)19(2)3;1-7(2)9(10)12-6-8(3)5-11-4/h5,49H,2,4,6-48H2,1,3H3;13-16,20H,2,5-12,17-18H2,1,3-4H3;8H,1,5-6H2,2-4H3. The average Bonchev–Trinajstić information content (AvgIpc) is 0.951. The molecule has 0 bridgehead atoms. The Morgan fingerprint density at radius 1 is 0.327 bits per heavy atom. The molecule has 0 heterocycles. The lowest BCUT2D eigenvalue weighted by atomic mass is 10.0. The quantitative estimate of drug-likeness (QED) is 0.0255. The lowest BCUT2D eigenvalue weighted by molar-refractivity contribution is -0.141. The molecule has 23 heteroatoms. The second-order valence-electron chi connectivity index (χ2n) is 25.6. The molecule has 0 radical (unpaired) electrons. The number of rotatable bonds is 81. The second-order valence-corrected chi connectivity index (χ2v) is 25.6. The van der Waals surface area contributed by atoms with E-state index in [0.29, 0.717) is 262 Å². The molecule has 3 atom stereocenters. The van der Waals surface area contributed by atoms with E-state index in [1.165, 1.54) is 108 Å². The van der Waals surface area contributed by atoms with E-state index in [1.54, 1.807) is 27.0 Å². The molecule has 1 aromatic rings. The summed E-state index contributed by atoms with van der Waals surface area (Å²) in [4.78, 5) is 22.3. The van der Waals surface area contributed by atoms with Crippen molar-refractivity contribution >= 4 is 11.9 Å². The Bertz CT molecular complexity index is 1930. The fraction of sp³-hybridized carbons (Fsp3) is 0.827. The van der Waals surface area contributed by atoms with Crippen molar-refractivity contribution in [1.82, 2.24) is 0 Å². The highest BCUT2D eigenvalue weighted by molar-refractivity contribution is 5.87. The van der Waals surface area contributed by atoms with Gasteiger partial charge in [0.05, 0.1) is 244 Å². The van der Waals surface area contributed by atoms with Crippen LogP contribution in [0.25, 0.3) is 0 Å². The molecule has 612 valence electrons. The third-order valence-electron chi connectivity index (χ3n) is 14.9. The molecule has 0 saturated heterocycles. The first-order valence-electron chi connectivity index (χ1n) is 39.2. The highest BCUT2D eigenvalue weighted by atomic mass is 16.6. The first-order chi connectivity index (χ1) is 50.9. The van der Waals surface area contributed by atoms with Crippen LogP contribution in [0.5, 0.6) is 5.75 Å². The molecular formula is C81H150O23. The number of unbranched alkanes of at least 4 members (excludes halogenated alkanes) is 15. The van der Waals surface area contributed by atoms with Crippen LogP contribution in [0.15, 0.2) is 61.2 Å². The Kier molecular flexibility index (Phi) is 85.5. The fourth-order valence-electron chi connectivity index (χ4n) is 9.02. The summed E-state index contributed by atoms with van der Waals surface area (Å²) in [7, 11) is 1.62. The summed E-state index contributed by atoms with van der Waals surface area (Å²) in [5.74, 6) is 0.913. The number of hydrogen-bond acceptors (Lipinski definition) is 23. The van der Waals surface area contributed by atoms with Crippen LogP contribution in [-0.2, 0) is 111 Å². The van der Waals surface area contributed by atoms with Crippen LogP contribution >= 0.6 is 0 Å². The van der Waals surface area contributed by atoms with Gasteiger partial charge in [-0.3, -0.25) is 0 Å². The number of carbonyl (C=O) groups is 2. The SMILES string of the molecule is C=C(C)C(=O)OCC(C)COC.C=C(C)C(=O)OCC(C)COc1ccc(CCCCCCCCC)cc1.C=CCOCC(C)COCCOCCOCCOCCOCCOCCOCCOCCOCCOCCOCCOCCOCCOCCOCCOCCCCCCCCCCCC. The topological polar surface area (TPSA) is 228 Å². The van der Waals surface area contributed by atoms with Crippen molar-refractivity contribution < 1.29 is 109 Å². The minimum Gasteiger partial charge on any atom is -0.493 e. The number of aryl methyl sites for hydroxylation is 1. The molecule has 23 nitrogen and oxygen atoms in total. The van der Waals surface area contributed by atoms with Gasteiger partial charge in [-0.1, -0.05) is 162 Å². The van der Waals surface area contributed by atoms with Crippen LogP contribution in [0, 0.1) is 17.8 Å². The molecule has 0 saturated carbocycles. The predicted octanol–water partition coefficient (Wildman–Crippen LogP) is 13.5. The number of benzene rings is 1. The molecule has 0 fully saturated rings. The number of ether oxygens (including phenoxy) is 21. The zero-order valence-electron chi connectivity index (χ0n) is 66.7. The molecule has 3 unspecified atom stereocenters. The normalized spacial score (nSPS) is 12.1. The third-order valence-corrected chi connectivity index (χ3v) is 14.9. The average molecular weight is 1490 g/mol. The van der Waals surface area contributed by atoms with E-state index in [0.717, 1.165) is 25.2 Å². The van der Waals surface area contributed by atoms with Gasteiger partial charge in [0.1, 0.15) is 5.75 Å². The monoisotopic (exact) mass is 1490 g/mol. The first kappa shape index (κ1) is 103. The van der Waals surface area contributed by atoms with Crippen molar-refractivity contribution in [3.8, 4) is 5.75 Å². The van der Waals surface area contributed by atoms with Crippen LogP contribution in [0.1, 0.15) is 163 Å². The number of carbonyl (C=O) groups excluding carboxylic acids is 2. The molecule has 0 spiro atoms. The summed E-state index contributed by atoms with van der Waals surface area (Å²) in [5.41, 5.74) is 2.23. The lowest BCUT2D eigenvalue weighted by Crippen LogP contribution is -2.18. The van der Waals surface area contributed by atoms with Crippen LogP contribution in [-0.4, -0.2) is 270 Å². The van der Waals surface area contributed by atoms with E-state index < -0.39 is 0 Å². The second kappa shape index (κ2) is 86.7. The Labute approximate surface area is 630 Å². The van der Waals surface area contributed by atoms with Gasteiger partial charge in [-0.15, -0.1) is 6.58 Å². The Morgan fingerprint density at radius 2 is 0.587 bits per heavy atom. The summed E-state index contributed by atoms with van der Waals surface area (Å²) in [6.07, 6.45) is 25.6. The van der Waals surface area contributed by atoms with Gasteiger partial charge in [0, 0.05) is 42.6 Å². The summed E-state index contributed by atoms with van der Waals surface area (Å²) in [5, 5.41) is 0. The molecule has 0 N–H and O–H groups in total. The minimum atomic E-state index is -0.341. The Balaban J connectivity index is 0. The van der Waals surface area contributed by atoms with Gasteiger partial charge in [-0.25, -0.2) is 9.59 Å². The van der Waals surface area contributed by atoms with Crippen molar-refractivity contribution in [3.05, 3.63) is 66.8 Å². The summed E-state index contributed by atoms with van der Waals surface area (Å²) in [6, 6.07) is 8.36. The van der Waals surface area contributed by atoms with Crippen molar-refractivity contribution in [2.45, 2.75) is 164 Å². The highest BCUT2D eigenvalue weighted by Gasteiger charge is 2.11. The molecule has 1 rings (SSSR count). The molecule has 104 heavy (non-hydrogen) atoms. The number of methoxy groups -OCH3 is 1. The predicted molar refractivity (Wildman–Crippen MR) is 411 cm³/mol. The number of esters is 2. The molecule has 0 amide bonds.